The molecule has 3 rings (SSSR count). The van der Waals surface area contributed by atoms with E-state index in [9.17, 15) is 4.79 Å². The molecule has 0 spiro atoms. The van der Waals surface area contributed by atoms with Crippen molar-refractivity contribution in [1.82, 2.24) is 20.1 Å². The summed E-state index contributed by atoms with van der Waals surface area (Å²) in [5.74, 6) is 0.348. The van der Waals surface area contributed by atoms with E-state index in [2.05, 4.69) is 50.1 Å². The van der Waals surface area contributed by atoms with Crippen LogP contribution in [0.1, 0.15) is 53.6 Å². The fraction of sp³-hybridized carbons (Fsp3) is 0.348. The van der Waals surface area contributed by atoms with Crippen LogP contribution in [0.4, 0.5) is 0 Å². The first-order valence-electron chi connectivity index (χ1n) is 9.85. The molecule has 28 heavy (non-hydrogen) atoms. The average Bonchev–Trinajstić information content (AvgIpc) is 3.04. The molecule has 0 aliphatic carbocycles. The number of amides is 1. The number of hydrogen-bond donors (Lipinski definition) is 1. The first-order valence-corrected chi connectivity index (χ1v) is 9.85. The van der Waals surface area contributed by atoms with Gasteiger partial charge in [-0.1, -0.05) is 39.0 Å². The maximum Gasteiger partial charge on any atom is 0.255 e. The van der Waals surface area contributed by atoms with Gasteiger partial charge in [0.2, 0.25) is 0 Å². The molecule has 1 amide bonds. The number of pyridine rings is 1. The van der Waals surface area contributed by atoms with Gasteiger partial charge in [-0.2, -0.15) is 5.10 Å². The Morgan fingerprint density at radius 3 is 2.50 bits per heavy atom. The molecule has 0 saturated heterocycles. The van der Waals surface area contributed by atoms with Gasteiger partial charge in [-0.15, -0.1) is 0 Å². The predicted octanol–water partition coefficient (Wildman–Crippen LogP) is 4.27. The minimum atomic E-state index is -0.0656. The number of benzene rings is 1. The molecule has 3 aromatic rings. The third-order valence-corrected chi connectivity index (χ3v) is 4.76. The fourth-order valence-electron chi connectivity index (χ4n) is 3.39. The number of nitrogens with one attached hydrogen (secondary N) is 1. The van der Waals surface area contributed by atoms with Crippen LogP contribution in [-0.4, -0.2) is 20.7 Å². The summed E-state index contributed by atoms with van der Waals surface area (Å²) < 4.78 is 1.95. The zero-order chi connectivity index (χ0) is 20.1. The molecule has 0 aliphatic rings. The Labute approximate surface area is 166 Å². The van der Waals surface area contributed by atoms with Crippen molar-refractivity contribution >= 4 is 5.91 Å². The summed E-state index contributed by atoms with van der Waals surface area (Å²) in [4.78, 5) is 17.2. The molecule has 1 N–H and O–H groups in total. The SMILES string of the molecule is CCc1c(C(=O)NCc2ccncc2)c(CC(C)C)nn1-c1ccccc1C. The molecule has 0 unspecified atom stereocenters. The Bertz CT molecular complexity index is 944. The highest BCUT2D eigenvalue weighted by Gasteiger charge is 2.24. The van der Waals surface area contributed by atoms with Crippen molar-refractivity contribution in [3.63, 3.8) is 0 Å². The van der Waals surface area contributed by atoms with E-state index in [1.54, 1.807) is 12.4 Å². The van der Waals surface area contributed by atoms with E-state index in [0.717, 1.165) is 41.0 Å². The molecule has 0 fully saturated rings. The highest BCUT2D eigenvalue weighted by Crippen LogP contribution is 2.24. The first kappa shape index (κ1) is 19.8. The lowest BCUT2D eigenvalue weighted by Crippen LogP contribution is -2.25. The molecule has 146 valence electrons. The second-order valence-electron chi connectivity index (χ2n) is 7.46. The smallest absolute Gasteiger partial charge is 0.255 e. The Morgan fingerprint density at radius 2 is 1.86 bits per heavy atom. The first-order chi connectivity index (χ1) is 13.5. The van der Waals surface area contributed by atoms with Crippen LogP contribution in [0.2, 0.25) is 0 Å². The van der Waals surface area contributed by atoms with E-state index in [1.807, 2.05) is 28.9 Å². The maximum atomic E-state index is 13.1. The van der Waals surface area contributed by atoms with E-state index in [4.69, 9.17) is 5.10 Å². The van der Waals surface area contributed by atoms with E-state index in [-0.39, 0.29) is 5.91 Å². The van der Waals surface area contributed by atoms with E-state index < -0.39 is 0 Å². The predicted molar refractivity (Wildman–Crippen MR) is 112 cm³/mol. The van der Waals surface area contributed by atoms with Crippen molar-refractivity contribution in [1.29, 1.82) is 0 Å². The van der Waals surface area contributed by atoms with Crippen molar-refractivity contribution in [2.24, 2.45) is 5.92 Å². The van der Waals surface area contributed by atoms with Gasteiger partial charge in [-0.25, -0.2) is 4.68 Å². The van der Waals surface area contributed by atoms with Crippen LogP contribution < -0.4 is 5.32 Å². The Morgan fingerprint density at radius 1 is 1.14 bits per heavy atom. The molecule has 5 nitrogen and oxygen atoms in total. The van der Waals surface area contributed by atoms with Gasteiger partial charge in [0, 0.05) is 18.9 Å². The minimum absolute atomic E-state index is 0.0656. The third kappa shape index (κ3) is 4.30. The number of rotatable bonds is 7. The number of aryl methyl sites for hydroxylation is 1. The lowest BCUT2D eigenvalue weighted by atomic mass is 10.0. The van der Waals surface area contributed by atoms with E-state index >= 15 is 0 Å². The van der Waals surface area contributed by atoms with Gasteiger partial charge in [0.1, 0.15) is 0 Å². The van der Waals surface area contributed by atoms with Crippen molar-refractivity contribution in [2.75, 3.05) is 0 Å². The standard InChI is InChI=1S/C23H28N4O/c1-5-20-22(23(28)25-15-18-10-12-24-13-11-18)19(14-16(2)3)26-27(20)21-9-7-6-8-17(21)4/h6-13,16H,5,14-15H2,1-4H3,(H,25,28). The normalized spacial score (nSPS) is 11.0. The highest BCUT2D eigenvalue weighted by atomic mass is 16.1. The molecular formula is C23H28N4O. The Balaban J connectivity index is 2.00. The van der Waals surface area contributed by atoms with Crippen LogP contribution in [0.3, 0.4) is 0 Å². The lowest BCUT2D eigenvalue weighted by molar-refractivity contribution is 0.0949. The number of carbonyl (C=O) groups excluding carboxylic acids is 1. The van der Waals surface area contributed by atoms with Crippen molar-refractivity contribution in [3.8, 4) is 5.69 Å². The number of nitrogens with zero attached hydrogens (tertiary/aromatic N) is 3. The van der Waals surface area contributed by atoms with Gasteiger partial charge < -0.3 is 5.32 Å². The second-order valence-corrected chi connectivity index (χ2v) is 7.46. The topological polar surface area (TPSA) is 59.8 Å². The summed E-state index contributed by atoms with van der Waals surface area (Å²) in [6, 6.07) is 12.0. The van der Waals surface area contributed by atoms with Crippen LogP contribution in [-0.2, 0) is 19.4 Å². The molecule has 0 atom stereocenters. The molecule has 0 saturated carbocycles. The average molecular weight is 377 g/mol. The van der Waals surface area contributed by atoms with Crippen LogP contribution in [0.5, 0.6) is 0 Å². The summed E-state index contributed by atoms with van der Waals surface area (Å²) in [6.45, 7) is 8.92. The summed E-state index contributed by atoms with van der Waals surface area (Å²) in [7, 11) is 0. The van der Waals surface area contributed by atoms with Crippen LogP contribution in [0.25, 0.3) is 5.69 Å². The van der Waals surface area contributed by atoms with Crippen molar-refractivity contribution in [2.45, 2.75) is 47.1 Å². The molecule has 2 aromatic heterocycles. The van der Waals surface area contributed by atoms with Crippen molar-refractivity contribution in [3.05, 3.63) is 76.9 Å². The lowest BCUT2D eigenvalue weighted by Gasteiger charge is -2.11. The van der Waals surface area contributed by atoms with Gasteiger partial charge in [0.15, 0.2) is 0 Å². The molecule has 0 radical (unpaired) electrons. The van der Waals surface area contributed by atoms with Gasteiger partial charge >= 0.3 is 0 Å². The van der Waals surface area contributed by atoms with Crippen LogP contribution in [0.15, 0.2) is 48.8 Å². The molecular weight excluding hydrogens is 348 g/mol. The number of hydrogen-bond acceptors (Lipinski definition) is 3. The summed E-state index contributed by atoms with van der Waals surface area (Å²) in [5, 5.41) is 7.94. The Kier molecular flexibility index (Phi) is 6.24. The van der Waals surface area contributed by atoms with E-state index in [0.29, 0.717) is 18.0 Å². The zero-order valence-corrected chi connectivity index (χ0v) is 17.1. The summed E-state index contributed by atoms with van der Waals surface area (Å²) >= 11 is 0. The highest BCUT2D eigenvalue weighted by molar-refractivity contribution is 5.96. The molecule has 0 bridgehead atoms. The van der Waals surface area contributed by atoms with Gasteiger partial charge in [-0.05, 0) is 55.0 Å². The monoisotopic (exact) mass is 376 g/mol. The maximum absolute atomic E-state index is 13.1. The minimum Gasteiger partial charge on any atom is -0.348 e. The van der Waals surface area contributed by atoms with E-state index in [1.165, 1.54) is 0 Å². The third-order valence-electron chi connectivity index (χ3n) is 4.76. The summed E-state index contributed by atoms with van der Waals surface area (Å²) in [5.41, 5.74) is 5.73. The quantitative estimate of drug-likeness (QED) is 0.670. The van der Waals surface area contributed by atoms with Crippen LogP contribution >= 0.6 is 0 Å². The van der Waals surface area contributed by atoms with Crippen molar-refractivity contribution < 1.29 is 4.79 Å². The summed E-state index contributed by atoms with van der Waals surface area (Å²) in [6.07, 6.45) is 4.97. The fourth-order valence-corrected chi connectivity index (χ4v) is 3.39. The number of para-hydroxylation sites is 1. The van der Waals surface area contributed by atoms with Gasteiger partial charge in [-0.3, -0.25) is 9.78 Å². The molecule has 2 heterocycles. The molecule has 1 aromatic carbocycles. The Hall–Kier alpha value is -2.95. The zero-order valence-electron chi connectivity index (χ0n) is 17.1. The largest absolute Gasteiger partial charge is 0.348 e. The van der Waals surface area contributed by atoms with Crippen LogP contribution in [0, 0.1) is 12.8 Å². The molecule has 5 heteroatoms. The number of aromatic nitrogens is 3. The number of carbonyl (C=O) groups is 1. The van der Waals surface area contributed by atoms with Gasteiger partial charge in [0.25, 0.3) is 5.91 Å². The second kappa shape index (κ2) is 8.83. The van der Waals surface area contributed by atoms with Gasteiger partial charge in [0.05, 0.1) is 22.6 Å². The molecule has 0 aliphatic heterocycles.